The third-order valence-electron chi connectivity index (χ3n) is 5.10. The van der Waals surface area contributed by atoms with Gasteiger partial charge in [-0.1, -0.05) is 36.4 Å². The van der Waals surface area contributed by atoms with E-state index in [0.29, 0.717) is 23.9 Å². The number of halogens is 1. The second-order valence-corrected chi connectivity index (χ2v) is 9.37. The normalized spacial score (nSPS) is 15.2. The highest BCUT2D eigenvalue weighted by molar-refractivity contribution is 14.0. The smallest absolute Gasteiger partial charge is 0.191 e. The van der Waals surface area contributed by atoms with Gasteiger partial charge in [0.1, 0.15) is 0 Å². The van der Waals surface area contributed by atoms with Crippen molar-refractivity contribution in [2.45, 2.75) is 24.5 Å². The lowest BCUT2D eigenvalue weighted by atomic mass is 10.1. The first-order valence-electron chi connectivity index (χ1n) is 10.1. The zero-order valence-electron chi connectivity index (χ0n) is 18.0. The number of hydrogen-bond acceptors (Lipinski definition) is 5. The van der Waals surface area contributed by atoms with Crippen LogP contribution in [0.25, 0.3) is 0 Å². The van der Waals surface area contributed by atoms with Gasteiger partial charge in [-0.25, -0.2) is 8.42 Å². The Kier molecular flexibility index (Phi) is 10.2. The van der Waals surface area contributed by atoms with E-state index in [4.69, 9.17) is 4.74 Å². The first kappa shape index (κ1) is 25.6. The van der Waals surface area contributed by atoms with Gasteiger partial charge in [-0.15, -0.1) is 24.0 Å². The van der Waals surface area contributed by atoms with Crippen molar-refractivity contribution in [2.24, 2.45) is 4.99 Å². The molecule has 0 bridgehead atoms. The molecule has 1 fully saturated rings. The van der Waals surface area contributed by atoms with Crippen LogP contribution in [-0.4, -0.2) is 58.9 Å². The molecule has 170 valence electrons. The molecule has 0 spiro atoms. The summed E-state index contributed by atoms with van der Waals surface area (Å²) in [6.45, 7) is 5.66. The van der Waals surface area contributed by atoms with E-state index in [9.17, 15) is 8.42 Å². The van der Waals surface area contributed by atoms with Crippen LogP contribution >= 0.6 is 24.0 Å². The van der Waals surface area contributed by atoms with Crippen molar-refractivity contribution in [3.8, 4) is 0 Å². The summed E-state index contributed by atoms with van der Waals surface area (Å²) in [5.41, 5.74) is 3.53. The number of aliphatic imine (C=N–C) groups is 1. The third kappa shape index (κ3) is 8.06. The van der Waals surface area contributed by atoms with Crippen LogP contribution in [0.1, 0.15) is 16.7 Å². The van der Waals surface area contributed by atoms with E-state index in [0.717, 1.165) is 38.4 Å². The molecule has 3 rings (SSSR count). The minimum atomic E-state index is -3.18. The fourth-order valence-electron chi connectivity index (χ4n) is 3.32. The number of guanidine groups is 1. The van der Waals surface area contributed by atoms with Gasteiger partial charge >= 0.3 is 0 Å². The van der Waals surface area contributed by atoms with E-state index >= 15 is 0 Å². The summed E-state index contributed by atoms with van der Waals surface area (Å²) in [5, 5.41) is 6.65. The van der Waals surface area contributed by atoms with E-state index in [1.54, 1.807) is 19.2 Å². The molecule has 0 amide bonds. The quantitative estimate of drug-likeness (QED) is 0.309. The molecule has 9 heteroatoms. The maximum absolute atomic E-state index is 11.6. The van der Waals surface area contributed by atoms with E-state index in [-0.39, 0.29) is 24.0 Å². The van der Waals surface area contributed by atoms with Crippen molar-refractivity contribution in [3.63, 3.8) is 0 Å². The number of benzene rings is 2. The summed E-state index contributed by atoms with van der Waals surface area (Å²) in [6.07, 6.45) is 1.21. The van der Waals surface area contributed by atoms with Gasteiger partial charge in [0.05, 0.1) is 18.1 Å². The number of morpholine rings is 1. The molecule has 1 heterocycles. The monoisotopic (exact) mass is 558 g/mol. The van der Waals surface area contributed by atoms with Gasteiger partial charge in [-0.2, -0.15) is 0 Å². The van der Waals surface area contributed by atoms with Crippen molar-refractivity contribution in [1.82, 2.24) is 15.5 Å². The molecule has 0 aliphatic carbocycles. The maximum Gasteiger partial charge on any atom is 0.191 e. The lowest BCUT2D eigenvalue weighted by molar-refractivity contribution is 0.0341. The minimum absolute atomic E-state index is 0. The Morgan fingerprint density at radius 1 is 1.00 bits per heavy atom. The fourth-order valence-corrected chi connectivity index (χ4v) is 3.95. The number of nitrogens with zero attached hydrogens (tertiary/aromatic N) is 2. The summed E-state index contributed by atoms with van der Waals surface area (Å²) in [6, 6.07) is 15.3. The summed E-state index contributed by atoms with van der Waals surface area (Å²) >= 11 is 0. The highest BCUT2D eigenvalue weighted by atomic mass is 127. The van der Waals surface area contributed by atoms with E-state index < -0.39 is 9.84 Å². The Labute approximate surface area is 202 Å². The van der Waals surface area contributed by atoms with Crippen molar-refractivity contribution in [1.29, 1.82) is 0 Å². The predicted octanol–water partition coefficient (Wildman–Crippen LogP) is 2.41. The molecule has 2 N–H and O–H groups in total. The largest absolute Gasteiger partial charge is 0.379 e. The molecule has 2 aromatic carbocycles. The molecule has 0 aromatic heterocycles. The molecule has 7 nitrogen and oxygen atoms in total. The summed E-state index contributed by atoms with van der Waals surface area (Å²) in [7, 11) is -1.44. The summed E-state index contributed by atoms with van der Waals surface area (Å²) in [5.74, 6) is 0.698. The van der Waals surface area contributed by atoms with E-state index in [2.05, 4.69) is 44.8 Å². The summed E-state index contributed by atoms with van der Waals surface area (Å²) in [4.78, 5) is 7.03. The Balaban J connectivity index is 0.00000341. The molecule has 2 aromatic rings. The number of ether oxygens (including phenoxy) is 1. The lowest BCUT2D eigenvalue weighted by Crippen LogP contribution is -2.37. The Hall–Kier alpha value is -1.69. The van der Waals surface area contributed by atoms with Crippen molar-refractivity contribution in [2.75, 3.05) is 39.6 Å². The van der Waals surface area contributed by atoms with Gasteiger partial charge in [-0.05, 0) is 28.8 Å². The van der Waals surface area contributed by atoms with Crippen LogP contribution in [-0.2, 0) is 34.2 Å². The predicted molar refractivity (Wildman–Crippen MR) is 135 cm³/mol. The molecule has 0 unspecified atom stereocenters. The van der Waals surface area contributed by atoms with Crippen molar-refractivity contribution in [3.05, 3.63) is 65.2 Å². The van der Waals surface area contributed by atoms with Crippen LogP contribution in [0, 0.1) is 0 Å². The molecular formula is C22H31IN4O3S. The molecular weight excluding hydrogens is 527 g/mol. The zero-order valence-corrected chi connectivity index (χ0v) is 21.2. The number of nitrogens with one attached hydrogen (secondary N) is 2. The minimum Gasteiger partial charge on any atom is -0.379 e. The maximum atomic E-state index is 11.6. The van der Waals surface area contributed by atoms with E-state index in [1.165, 1.54) is 17.4 Å². The molecule has 0 radical (unpaired) electrons. The Bertz CT molecular complexity index is 959. The van der Waals surface area contributed by atoms with Gasteiger partial charge in [0.2, 0.25) is 0 Å². The Morgan fingerprint density at radius 2 is 1.61 bits per heavy atom. The summed E-state index contributed by atoms with van der Waals surface area (Å²) < 4.78 is 28.6. The standard InChI is InChI=1S/C22H30N4O3S.HI/c1-23-22(24-15-18-7-9-21(10-8-18)30(2,27)28)25-16-19-5-3-4-6-20(19)17-26-11-13-29-14-12-26;/h3-10H,11-17H2,1-2H3,(H2,23,24,25);1H. The number of rotatable bonds is 7. The second kappa shape index (κ2) is 12.4. The average molecular weight is 558 g/mol. The van der Waals surface area contributed by atoms with Gasteiger partial charge in [0.25, 0.3) is 0 Å². The highest BCUT2D eigenvalue weighted by Gasteiger charge is 2.13. The molecule has 31 heavy (non-hydrogen) atoms. The molecule has 0 atom stereocenters. The van der Waals surface area contributed by atoms with Crippen LogP contribution < -0.4 is 10.6 Å². The topological polar surface area (TPSA) is 83.0 Å². The number of hydrogen-bond donors (Lipinski definition) is 2. The first-order valence-corrected chi connectivity index (χ1v) is 12.0. The second-order valence-electron chi connectivity index (χ2n) is 7.35. The average Bonchev–Trinajstić information content (AvgIpc) is 2.75. The first-order chi connectivity index (χ1) is 14.5. The van der Waals surface area contributed by atoms with Crippen LogP contribution in [0.2, 0.25) is 0 Å². The molecule has 1 saturated heterocycles. The van der Waals surface area contributed by atoms with Crippen molar-refractivity contribution < 1.29 is 13.2 Å². The fraction of sp³-hybridized carbons (Fsp3) is 0.409. The van der Waals surface area contributed by atoms with E-state index in [1.807, 2.05) is 12.1 Å². The van der Waals surface area contributed by atoms with Crippen molar-refractivity contribution >= 4 is 39.8 Å². The molecule has 0 saturated carbocycles. The van der Waals surface area contributed by atoms with Crippen LogP contribution in [0.4, 0.5) is 0 Å². The lowest BCUT2D eigenvalue weighted by Gasteiger charge is -2.27. The van der Waals surface area contributed by atoms with Gasteiger partial charge in [0.15, 0.2) is 15.8 Å². The molecule has 1 aliphatic heterocycles. The van der Waals surface area contributed by atoms with Crippen LogP contribution in [0.3, 0.4) is 0 Å². The zero-order chi connectivity index (χ0) is 21.4. The Morgan fingerprint density at radius 3 is 2.23 bits per heavy atom. The van der Waals surface area contributed by atoms with Crippen LogP contribution in [0.5, 0.6) is 0 Å². The van der Waals surface area contributed by atoms with Crippen LogP contribution in [0.15, 0.2) is 58.4 Å². The number of sulfone groups is 1. The third-order valence-corrected chi connectivity index (χ3v) is 6.23. The SMILES string of the molecule is CN=C(NCc1ccc(S(C)(=O)=O)cc1)NCc1ccccc1CN1CCOCC1.I. The highest BCUT2D eigenvalue weighted by Crippen LogP contribution is 2.13. The van der Waals surface area contributed by atoms with Gasteiger partial charge in [0, 0.05) is 46.0 Å². The molecule has 1 aliphatic rings. The van der Waals surface area contributed by atoms with Gasteiger partial charge < -0.3 is 15.4 Å². The van der Waals surface area contributed by atoms with Gasteiger partial charge in [-0.3, -0.25) is 9.89 Å².